The van der Waals surface area contributed by atoms with Crippen molar-refractivity contribution in [3.8, 4) is 0 Å². The SMILES string of the molecule is CC(C)=C1CCCN1C. The predicted octanol–water partition coefficient (Wildman–Crippen LogP) is 2.01. The maximum absolute atomic E-state index is 2.36. The van der Waals surface area contributed by atoms with Crippen LogP contribution in [-0.4, -0.2) is 18.5 Å². The maximum atomic E-state index is 2.36. The van der Waals surface area contributed by atoms with Gasteiger partial charge in [0.25, 0.3) is 0 Å². The normalized spacial score (nSPS) is 19.0. The molecule has 1 aliphatic rings. The van der Waals surface area contributed by atoms with Crippen LogP contribution in [-0.2, 0) is 0 Å². The summed E-state index contributed by atoms with van der Waals surface area (Å²) in [5, 5.41) is 0. The quantitative estimate of drug-likeness (QED) is 0.478. The van der Waals surface area contributed by atoms with Gasteiger partial charge in [0, 0.05) is 19.3 Å². The van der Waals surface area contributed by atoms with Crippen LogP contribution in [0.3, 0.4) is 0 Å². The molecule has 0 saturated carbocycles. The molecule has 0 amide bonds. The molecule has 0 aliphatic carbocycles. The van der Waals surface area contributed by atoms with Crippen molar-refractivity contribution < 1.29 is 0 Å². The first-order valence-corrected chi connectivity index (χ1v) is 3.59. The van der Waals surface area contributed by atoms with Crippen LogP contribution in [0.4, 0.5) is 0 Å². The van der Waals surface area contributed by atoms with Gasteiger partial charge in [0.05, 0.1) is 0 Å². The van der Waals surface area contributed by atoms with Gasteiger partial charge in [-0.1, -0.05) is 5.57 Å². The zero-order chi connectivity index (χ0) is 6.85. The Morgan fingerprint density at radius 1 is 1.44 bits per heavy atom. The summed E-state index contributed by atoms with van der Waals surface area (Å²) in [5.74, 6) is 0. The van der Waals surface area contributed by atoms with Crippen molar-refractivity contribution in [3.63, 3.8) is 0 Å². The molecule has 0 N–H and O–H groups in total. The van der Waals surface area contributed by atoms with Crippen molar-refractivity contribution in [1.82, 2.24) is 4.90 Å². The molecule has 0 unspecified atom stereocenters. The van der Waals surface area contributed by atoms with Crippen molar-refractivity contribution in [2.75, 3.05) is 13.6 Å². The summed E-state index contributed by atoms with van der Waals surface area (Å²) in [6.07, 6.45) is 2.63. The van der Waals surface area contributed by atoms with Crippen LogP contribution in [0, 0.1) is 0 Å². The van der Waals surface area contributed by atoms with Crippen molar-refractivity contribution in [2.45, 2.75) is 26.7 Å². The van der Waals surface area contributed by atoms with E-state index in [1.165, 1.54) is 25.0 Å². The third kappa shape index (κ3) is 1.26. The number of likely N-dealkylation sites (tertiary alicyclic amines) is 1. The number of hydrogen-bond donors (Lipinski definition) is 0. The minimum atomic E-state index is 1.25. The van der Waals surface area contributed by atoms with Gasteiger partial charge in [0.2, 0.25) is 0 Å². The van der Waals surface area contributed by atoms with Crippen molar-refractivity contribution >= 4 is 0 Å². The summed E-state index contributed by atoms with van der Waals surface area (Å²) in [6.45, 7) is 5.63. The summed E-state index contributed by atoms with van der Waals surface area (Å²) in [7, 11) is 2.18. The Labute approximate surface area is 57.4 Å². The molecule has 0 spiro atoms. The second kappa shape index (κ2) is 2.42. The first-order chi connectivity index (χ1) is 4.22. The molecule has 0 aromatic heterocycles. The van der Waals surface area contributed by atoms with E-state index in [4.69, 9.17) is 0 Å². The maximum Gasteiger partial charge on any atom is 0.0175 e. The van der Waals surface area contributed by atoms with Crippen LogP contribution >= 0.6 is 0 Å². The summed E-state index contributed by atoms with van der Waals surface area (Å²) in [5.41, 5.74) is 3.03. The highest BCUT2D eigenvalue weighted by molar-refractivity contribution is 5.11. The van der Waals surface area contributed by atoms with E-state index in [0.717, 1.165) is 0 Å². The van der Waals surface area contributed by atoms with E-state index in [2.05, 4.69) is 25.8 Å². The van der Waals surface area contributed by atoms with Gasteiger partial charge in [0.15, 0.2) is 0 Å². The average Bonchev–Trinajstić information content (AvgIpc) is 2.13. The Bertz CT molecular complexity index is 132. The fraction of sp³-hybridized carbons (Fsp3) is 0.750. The van der Waals surface area contributed by atoms with Gasteiger partial charge >= 0.3 is 0 Å². The molecule has 1 saturated heterocycles. The molecule has 9 heavy (non-hydrogen) atoms. The molecule has 0 aromatic carbocycles. The molecule has 1 heterocycles. The molecule has 1 fully saturated rings. The second-order valence-electron chi connectivity index (χ2n) is 2.97. The Kier molecular flexibility index (Phi) is 1.79. The van der Waals surface area contributed by atoms with Gasteiger partial charge < -0.3 is 4.90 Å². The van der Waals surface area contributed by atoms with Crippen LogP contribution < -0.4 is 0 Å². The van der Waals surface area contributed by atoms with Gasteiger partial charge in [-0.15, -0.1) is 0 Å². The molecule has 0 bridgehead atoms. The third-order valence-corrected chi connectivity index (χ3v) is 1.95. The summed E-state index contributed by atoms with van der Waals surface area (Å²) < 4.78 is 0. The molecule has 0 atom stereocenters. The fourth-order valence-corrected chi connectivity index (χ4v) is 1.44. The van der Waals surface area contributed by atoms with Crippen LogP contribution in [0.2, 0.25) is 0 Å². The molecule has 1 rings (SSSR count). The van der Waals surface area contributed by atoms with Gasteiger partial charge in [-0.25, -0.2) is 0 Å². The first kappa shape index (κ1) is 6.66. The van der Waals surface area contributed by atoms with E-state index in [0.29, 0.717) is 0 Å². The monoisotopic (exact) mass is 125 g/mol. The first-order valence-electron chi connectivity index (χ1n) is 3.59. The number of allylic oxidation sites excluding steroid dienone is 2. The highest BCUT2D eigenvalue weighted by Crippen LogP contribution is 2.21. The summed E-state index contributed by atoms with van der Waals surface area (Å²) in [6, 6.07) is 0. The Morgan fingerprint density at radius 2 is 2.11 bits per heavy atom. The zero-order valence-electron chi connectivity index (χ0n) is 6.57. The number of rotatable bonds is 0. The van der Waals surface area contributed by atoms with E-state index < -0.39 is 0 Å². The smallest absolute Gasteiger partial charge is 0.0175 e. The van der Waals surface area contributed by atoms with Crippen LogP contribution in [0.5, 0.6) is 0 Å². The lowest BCUT2D eigenvalue weighted by Gasteiger charge is -2.13. The average molecular weight is 125 g/mol. The van der Waals surface area contributed by atoms with Crippen molar-refractivity contribution in [3.05, 3.63) is 11.3 Å². The van der Waals surface area contributed by atoms with E-state index in [-0.39, 0.29) is 0 Å². The molecule has 1 nitrogen and oxygen atoms in total. The lowest BCUT2D eigenvalue weighted by Crippen LogP contribution is -2.10. The van der Waals surface area contributed by atoms with Crippen LogP contribution in [0.25, 0.3) is 0 Å². The lowest BCUT2D eigenvalue weighted by molar-refractivity contribution is 0.476. The highest BCUT2D eigenvalue weighted by atomic mass is 15.1. The highest BCUT2D eigenvalue weighted by Gasteiger charge is 2.12. The predicted molar refractivity (Wildman–Crippen MR) is 40.2 cm³/mol. The van der Waals surface area contributed by atoms with Crippen molar-refractivity contribution in [2.24, 2.45) is 0 Å². The minimum Gasteiger partial charge on any atom is -0.378 e. The lowest BCUT2D eigenvalue weighted by atomic mass is 10.2. The second-order valence-corrected chi connectivity index (χ2v) is 2.97. The van der Waals surface area contributed by atoms with E-state index in [9.17, 15) is 0 Å². The van der Waals surface area contributed by atoms with Crippen molar-refractivity contribution in [1.29, 1.82) is 0 Å². The zero-order valence-corrected chi connectivity index (χ0v) is 6.57. The minimum absolute atomic E-state index is 1.25. The third-order valence-electron chi connectivity index (χ3n) is 1.95. The summed E-state index contributed by atoms with van der Waals surface area (Å²) >= 11 is 0. The van der Waals surface area contributed by atoms with Crippen LogP contribution in [0.1, 0.15) is 26.7 Å². The van der Waals surface area contributed by atoms with Gasteiger partial charge in [-0.2, -0.15) is 0 Å². The Balaban J connectivity index is 2.70. The standard InChI is InChI=1S/C8H15N/c1-7(2)8-5-4-6-9(8)3/h4-6H2,1-3H3. The molecular weight excluding hydrogens is 110 g/mol. The van der Waals surface area contributed by atoms with E-state index in [1.807, 2.05) is 0 Å². The largest absolute Gasteiger partial charge is 0.378 e. The molecule has 0 radical (unpaired) electrons. The van der Waals surface area contributed by atoms with Crippen LogP contribution in [0.15, 0.2) is 11.3 Å². The molecule has 1 aliphatic heterocycles. The molecule has 52 valence electrons. The number of hydrogen-bond acceptors (Lipinski definition) is 1. The summed E-state index contributed by atoms with van der Waals surface area (Å²) in [4.78, 5) is 2.36. The van der Waals surface area contributed by atoms with E-state index in [1.54, 1.807) is 5.70 Å². The topological polar surface area (TPSA) is 3.24 Å². The molecule has 0 aromatic rings. The number of nitrogens with zero attached hydrogens (tertiary/aromatic N) is 1. The van der Waals surface area contributed by atoms with E-state index >= 15 is 0 Å². The fourth-order valence-electron chi connectivity index (χ4n) is 1.44. The Hall–Kier alpha value is -0.460. The molecule has 1 heteroatoms. The van der Waals surface area contributed by atoms with Gasteiger partial charge in [0.1, 0.15) is 0 Å². The van der Waals surface area contributed by atoms with Gasteiger partial charge in [-0.05, 0) is 26.7 Å². The Morgan fingerprint density at radius 3 is 2.33 bits per heavy atom. The molecular formula is C8H15N. The van der Waals surface area contributed by atoms with Gasteiger partial charge in [-0.3, -0.25) is 0 Å².